The molecule has 0 bridgehead atoms. The van der Waals surface area contributed by atoms with E-state index in [4.69, 9.17) is 9.47 Å². The molecule has 1 heterocycles. The van der Waals surface area contributed by atoms with Crippen LogP contribution >= 0.6 is 0 Å². The van der Waals surface area contributed by atoms with Gasteiger partial charge in [-0.1, -0.05) is 0 Å². The van der Waals surface area contributed by atoms with Gasteiger partial charge in [0.1, 0.15) is 6.23 Å². The van der Waals surface area contributed by atoms with Crippen molar-refractivity contribution in [1.29, 1.82) is 0 Å². The second-order valence-corrected chi connectivity index (χ2v) is 3.88. The molecule has 0 aromatic rings. The van der Waals surface area contributed by atoms with Gasteiger partial charge in [0.05, 0.1) is 5.60 Å². The molecular weight excluding hydrogens is 154 g/mol. The molecule has 0 aromatic heterocycles. The lowest BCUT2D eigenvalue weighted by Gasteiger charge is -2.17. The minimum absolute atomic E-state index is 0.0116. The van der Waals surface area contributed by atoms with E-state index in [1.807, 2.05) is 0 Å². The lowest BCUT2D eigenvalue weighted by atomic mass is 10.1. The van der Waals surface area contributed by atoms with Crippen LogP contribution in [0.25, 0.3) is 0 Å². The zero-order valence-corrected chi connectivity index (χ0v) is 8.22. The minimum Gasteiger partial charge on any atom is -0.385 e. The normalized spacial score (nSPS) is 27.8. The lowest BCUT2D eigenvalue weighted by Crippen LogP contribution is -2.24. The summed E-state index contributed by atoms with van der Waals surface area (Å²) in [6.45, 7) is 5.99. The molecule has 12 heavy (non-hydrogen) atoms. The van der Waals surface area contributed by atoms with Crippen LogP contribution in [0.3, 0.4) is 0 Å². The van der Waals surface area contributed by atoms with Gasteiger partial charge in [-0.3, -0.25) is 5.32 Å². The van der Waals surface area contributed by atoms with Crippen molar-refractivity contribution in [2.75, 3.05) is 20.3 Å². The quantitative estimate of drug-likeness (QED) is 0.647. The molecule has 1 rings (SSSR count). The second-order valence-electron chi connectivity index (χ2n) is 3.88. The predicted octanol–water partition coefficient (Wildman–Crippen LogP) is 1.14. The molecule has 1 aliphatic rings. The maximum atomic E-state index is 5.73. The molecule has 0 spiro atoms. The highest BCUT2D eigenvalue weighted by atomic mass is 16.5. The van der Waals surface area contributed by atoms with Crippen LogP contribution in [0, 0.1) is 0 Å². The molecule has 1 unspecified atom stereocenters. The fourth-order valence-corrected chi connectivity index (χ4v) is 1.40. The first-order valence-corrected chi connectivity index (χ1v) is 4.54. The Kier molecular flexibility index (Phi) is 3.50. The van der Waals surface area contributed by atoms with Gasteiger partial charge >= 0.3 is 0 Å². The second kappa shape index (κ2) is 4.21. The van der Waals surface area contributed by atoms with Crippen LogP contribution in [0.4, 0.5) is 0 Å². The van der Waals surface area contributed by atoms with E-state index >= 15 is 0 Å². The first kappa shape index (κ1) is 9.96. The zero-order valence-electron chi connectivity index (χ0n) is 8.22. The van der Waals surface area contributed by atoms with Gasteiger partial charge in [0.2, 0.25) is 0 Å². The largest absolute Gasteiger partial charge is 0.385 e. The third kappa shape index (κ3) is 3.09. The van der Waals surface area contributed by atoms with Gasteiger partial charge in [-0.25, -0.2) is 0 Å². The summed E-state index contributed by atoms with van der Waals surface area (Å²) < 4.78 is 10.7. The summed E-state index contributed by atoms with van der Waals surface area (Å²) in [5, 5.41) is 3.33. The molecular formula is C9H19NO2. The van der Waals surface area contributed by atoms with Gasteiger partial charge in [0.15, 0.2) is 0 Å². The van der Waals surface area contributed by atoms with Crippen LogP contribution in [0.15, 0.2) is 0 Å². The highest BCUT2D eigenvalue weighted by molar-refractivity contribution is 4.81. The maximum absolute atomic E-state index is 5.73. The van der Waals surface area contributed by atoms with Gasteiger partial charge < -0.3 is 9.47 Å². The molecule has 1 saturated heterocycles. The van der Waals surface area contributed by atoms with E-state index in [9.17, 15) is 0 Å². The summed E-state index contributed by atoms with van der Waals surface area (Å²) in [6, 6.07) is 0. The van der Waals surface area contributed by atoms with Crippen molar-refractivity contribution in [2.45, 2.75) is 38.5 Å². The molecule has 1 N–H and O–H groups in total. The predicted molar refractivity (Wildman–Crippen MR) is 48.1 cm³/mol. The van der Waals surface area contributed by atoms with E-state index in [2.05, 4.69) is 19.2 Å². The van der Waals surface area contributed by atoms with Crippen molar-refractivity contribution in [3.63, 3.8) is 0 Å². The fraction of sp³-hybridized carbons (Fsp3) is 1.00. The van der Waals surface area contributed by atoms with Crippen LogP contribution in [0.5, 0.6) is 0 Å². The van der Waals surface area contributed by atoms with Crippen molar-refractivity contribution in [2.24, 2.45) is 0 Å². The third-order valence-corrected chi connectivity index (χ3v) is 2.03. The van der Waals surface area contributed by atoms with E-state index in [1.165, 1.54) is 0 Å². The van der Waals surface area contributed by atoms with Crippen molar-refractivity contribution >= 4 is 0 Å². The Bertz CT molecular complexity index is 136. The van der Waals surface area contributed by atoms with Gasteiger partial charge in [0.25, 0.3) is 0 Å². The van der Waals surface area contributed by atoms with Crippen LogP contribution in [-0.4, -0.2) is 32.1 Å². The summed E-state index contributed by atoms with van der Waals surface area (Å²) in [5.74, 6) is 0. The average Bonchev–Trinajstić information content (AvgIpc) is 2.31. The number of rotatable bonds is 4. The molecule has 0 radical (unpaired) electrons. The zero-order chi connectivity index (χ0) is 9.03. The summed E-state index contributed by atoms with van der Waals surface area (Å²) in [4.78, 5) is 0. The molecule has 0 saturated carbocycles. The van der Waals surface area contributed by atoms with Crippen LogP contribution in [-0.2, 0) is 9.47 Å². The molecule has 72 valence electrons. The van der Waals surface area contributed by atoms with Gasteiger partial charge in [-0.15, -0.1) is 0 Å². The first-order chi connectivity index (χ1) is 5.64. The SMILES string of the molecule is COCCCC1NCC(C)(C)O1. The lowest BCUT2D eigenvalue weighted by molar-refractivity contribution is -0.0206. The Balaban J connectivity index is 2.11. The van der Waals surface area contributed by atoms with Crippen LogP contribution in [0.1, 0.15) is 26.7 Å². The van der Waals surface area contributed by atoms with E-state index in [0.717, 1.165) is 26.0 Å². The smallest absolute Gasteiger partial charge is 0.109 e. The van der Waals surface area contributed by atoms with Crippen molar-refractivity contribution in [3.8, 4) is 0 Å². The van der Waals surface area contributed by atoms with Crippen molar-refractivity contribution in [3.05, 3.63) is 0 Å². The Morgan fingerprint density at radius 2 is 2.33 bits per heavy atom. The summed E-state index contributed by atoms with van der Waals surface area (Å²) >= 11 is 0. The number of nitrogens with one attached hydrogen (secondary N) is 1. The minimum atomic E-state index is 0.0116. The van der Waals surface area contributed by atoms with Gasteiger partial charge in [-0.05, 0) is 26.7 Å². The molecule has 0 aromatic carbocycles. The maximum Gasteiger partial charge on any atom is 0.109 e. The summed E-state index contributed by atoms with van der Waals surface area (Å²) in [5.41, 5.74) is 0.0116. The van der Waals surface area contributed by atoms with E-state index in [1.54, 1.807) is 7.11 Å². The number of hydrogen-bond donors (Lipinski definition) is 1. The third-order valence-electron chi connectivity index (χ3n) is 2.03. The van der Waals surface area contributed by atoms with E-state index in [0.29, 0.717) is 0 Å². The Hall–Kier alpha value is -0.120. The molecule has 1 fully saturated rings. The fourth-order valence-electron chi connectivity index (χ4n) is 1.40. The van der Waals surface area contributed by atoms with Crippen LogP contribution in [0.2, 0.25) is 0 Å². The molecule has 1 aliphatic heterocycles. The molecule has 0 amide bonds. The molecule has 0 aliphatic carbocycles. The highest BCUT2D eigenvalue weighted by Gasteiger charge is 2.30. The Morgan fingerprint density at radius 3 is 2.83 bits per heavy atom. The highest BCUT2D eigenvalue weighted by Crippen LogP contribution is 2.19. The van der Waals surface area contributed by atoms with E-state index in [-0.39, 0.29) is 11.8 Å². The average molecular weight is 173 g/mol. The molecule has 3 heteroatoms. The first-order valence-electron chi connectivity index (χ1n) is 4.54. The summed E-state index contributed by atoms with van der Waals surface area (Å²) in [7, 11) is 1.73. The summed E-state index contributed by atoms with van der Waals surface area (Å²) in [6.07, 6.45) is 2.33. The van der Waals surface area contributed by atoms with Gasteiger partial charge in [0, 0.05) is 20.3 Å². The van der Waals surface area contributed by atoms with Crippen molar-refractivity contribution in [1.82, 2.24) is 5.32 Å². The standard InChI is InChI=1S/C9H19NO2/c1-9(2)7-10-8(12-9)5-4-6-11-3/h8,10H,4-7H2,1-3H3. The van der Waals surface area contributed by atoms with E-state index < -0.39 is 0 Å². The monoisotopic (exact) mass is 173 g/mol. The molecule has 3 nitrogen and oxygen atoms in total. The number of methoxy groups -OCH3 is 1. The topological polar surface area (TPSA) is 30.5 Å². The number of hydrogen-bond acceptors (Lipinski definition) is 3. The number of ether oxygens (including phenoxy) is 2. The van der Waals surface area contributed by atoms with Crippen LogP contribution < -0.4 is 5.32 Å². The van der Waals surface area contributed by atoms with Gasteiger partial charge in [-0.2, -0.15) is 0 Å². The Morgan fingerprint density at radius 1 is 1.58 bits per heavy atom. The van der Waals surface area contributed by atoms with Crippen molar-refractivity contribution < 1.29 is 9.47 Å². The molecule has 1 atom stereocenters. The Labute approximate surface area is 74.4 Å².